The maximum absolute atomic E-state index is 13.5. The summed E-state index contributed by atoms with van der Waals surface area (Å²) >= 11 is 5.86. The van der Waals surface area contributed by atoms with Gasteiger partial charge < -0.3 is 14.7 Å². The van der Waals surface area contributed by atoms with Gasteiger partial charge in [-0.1, -0.05) is 24.9 Å². The highest BCUT2D eigenvalue weighted by atomic mass is 35.5. The van der Waals surface area contributed by atoms with Crippen LogP contribution < -0.4 is 0 Å². The molecule has 2 heterocycles. The van der Waals surface area contributed by atoms with Crippen LogP contribution in [-0.4, -0.2) is 72.9 Å². The summed E-state index contributed by atoms with van der Waals surface area (Å²) in [5.41, 5.74) is 0.360. The number of rotatable bonds is 7. The van der Waals surface area contributed by atoms with Gasteiger partial charge in [0.05, 0.1) is 24.3 Å². The van der Waals surface area contributed by atoms with E-state index in [1.807, 2.05) is 0 Å². The van der Waals surface area contributed by atoms with Crippen molar-refractivity contribution in [1.29, 1.82) is 0 Å². The molecule has 1 aromatic rings. The molecule has 7 heteroatoms. The molecule has 156 valence electrons. The van der Waals surface area contributed by atoms with Crippen LogP contribution in [0.1, 0.15) is 36.5 Å². The summed E-state index contributed by atoms with van der Waals surface area (Å²) in [6, 6.07) is 4.21. The van der Waals surface area contributed by atoms with E-state index in [1.165, 1.54) is 18.2 Å². The fourth-order valence-corrected chi connectivity index (χ4v) is 5.00. The smallest absolute Gasteiger partial charge is 0.254 e. The number of carbonyl (C=O) groups is 1. The Bertz CT molecular complexity index is 690. The Labute approximate surface area is 171 Å². The van der Waals surface area contributed by atoms with Gasteiger partial charge in [0, 0.05) is 31.8 Å². The van der Waals surface area contributed by atoms with Crippen molar-refractivity contribution in [3.63, 3.8) is 0 Å². The van der Waals surface area contributed by atoms with Crippen molar-refractivity contribution in [3.05, 3.63) is 34.6 Å². The van der Waals surface area contributed by atoms with Crippen molar-refractivity contribution in [2.24, 2.45) is 11.8 Å². The van der Waals surface area contributed by atoms with Gasteiger partial charge >= 0.3 is 0 Å². The van der Waals surface area contributed by atoms with Gasteiger partial charge in [0.1, 0.15) is 5.82 Å². The number of hydrogen-bond donors (Lipinski definition) is 1. The normalized spacial score (nSPS) is 28.2. The van der Waals surface area contributed by atoms with E-state index >= 15 is 0 Å². The average Bonchev–Trinajstić information content (AvgIpc) is 3.28. The fourth-order valence-electron chi connectivity index (χ4n) is 4.82. The predicted octanol–water partition coefficient (Wildman–Crippen LogP) is 3.05. The van der Waals surface area contributed by atoms with E-state index in [1.54, 1.807) is 12.0 Å². The molecule has 0 saturated carbocycles. The summed E-state index contributed by atoms with van der Waals surface area (Å²) in [6.07, 6.45) is 3.22. The van der Waals surface area contributed by atoms with E-state index in [0.717, 1.165) is 32.4 Å². The Hall–Kier alpha value is -1.21. The molecule has 2 fully saturated rings. The van der Waals surface area contributed by atoms with Crippen molar-refractivity contribution < 1.29 is 19.0 Å². The largest absolute Gasteiger partial charge is 0.394 e. The van der Waals surface area contributed by atoms with Crippen molar-refractivity contribution >= 4 is 17.5 Å². The zero-order chi connectivity index (χ0) is 20.3. The molecule has 1 amide bonds. The average molecular weight is 413 g/mol. The van der Waals surface area contributed by atoms with Gasteiger partial charge in [-0.25, -0.2) is 4.39 Å². The number of halogens is 2. The van der Waals surface area contributed by atoms with Gasteiger partial charge in [-0.2, -0.15) is 0 Å². The number of carbonyl (C=O) groups excluding carboxylic acids is 1. The SMILES string of the molecule is CC[C@@H]1CN(C(=O)c2ccc(F)c(Cl)c2)[C@H](CO)[C@@H]1CN1CCC[C@@H]1COC. The quantitative estimate of drug-likeness (QED) is 0.747. The lowest BCUT2D eigenvalue weighted by molar-refractivity contribution is 0.0578. The van der Waals surface area contributed by atoms with E-state index in [9.17, 15) is 14.3 Å². The summed E-state index contributed by atoms with van der Waals surface area (Å²) < 4.78 is 18.8. The molecule has 2 aliphatic rings. The number of nitrogens with zero attached hydrogens (tertiary/aromatic N) is 2. The Morgan fingerprint density at radius 3 is 2.86 bits per heavy atom. The highest BCUT2D eigenvalue weighted by Gasteiger charge is 2.44. The third-order valence-corrected chi connectivity index (χ3v) is 6.66. The summed E-state index contributed by atoms with van der Waals surface area (Å²) in [4.78, 5) is 17.3. The molecule has 28 heavy (non-hydrogen) atoms. The molecule has 0 aliphatic carbocycles. The molecule has 4 atom stereocenters. The third-order valence-electron chi connectivity index (χ3n) is 6.37. The first-order valence-electron chi connectivity index (χ1n) is 10.1. The summed E-state index contributed by atoms with van der Waals surface area (Å²) in [5, 5.41) is 10.1. The maximum atomic E-state index is 13.5. The van der Waals surface area contributed by atoms with E-state index < -0.39 is 5.82 Å². The Balaban J connectivity index is 1.78. The molecule has 1 aromatic carbocycles. The van der Waals surface area contributed by atoms with Crippen LogP contribution in [0, 0.1) is 17.7 Å². The van der Waals surface area contributed by atoms with Crippen LogP contribution in [0.3, 0.4) is 0 Å². The first-order valence-corrected chi connectivity index (χ1v) is 10.5. The molecular formula is C21H30ClFN2O3. The molecule has 0 radical (unpaired) electrons. The van der Waals surface area contributed by atoms with Crippen molar-refractivity contribution in [2.75, 3.05) is 40.0 Å². The molecule has 0 bridgehead atoms. The molecule has 1 N–H and O–H groups in total. The second-order valence-corrected chi connectivity index (χ2v) is 8.32. The standard InChI is InChI=1S/C21H30ClFN2O3/c1-3-14-10-25(21(27)15-6-7-19(23)18(22)9-15)20(12-26)17(14)11-24-8-4-5-16(24)13-28-2/h6-7,9,14,16-17,20,26H,3-5,8,10-13H2,1-2H3/t14-,16-,17-,20-/m1/s1. The van der Waals surface area contributed by atoms with Crippen molar-refractivity contribution in [3.8, 4) is 0 Å². The van der Waals surface area contributed by atoms with Gasteiger partial charge in [-0.05, 0) is 49.4 Å². The third kappa shape index (κ3) is 4.35. The van der Waals surface area contributed by atoms with Crippen molar-refractivity contribution in [1.82, 2.24) is 9.80 Å². The Morgan fingerprint density at radius 2 is 2.21 bits per heavy atom. The number of hydrogen-bond acceptors (Lipinski definition) is 4. The van der Waals surface area contributed by atoms with Gasteiger partial charge in [-0.15, -0.1) is 0 Å². The Morgan fingerprint density at radius 1 is 1.43 bits per heavy atom. The molecule has 5 nitrogen and oxygen atoms in total. The Kier molecular flexibility index (Phi) is 7.31. The number of benzene rings is 1. The molecule has 3 rings (SSSR count). The van der Waals surface area contributed by atoms with Crippen LogP contribution in [0.4, 0.5) is 4.39 Å². The number of aliphatic hydroxyl groups excluding tert-OH is 1. The van der Waals surface area contributed by atoms with Crippen LogP contribution in [0.5, 0.6) is 0 Å². The highest BCUT2D eigenvalue weighted by Crippen LogP contribution is 2.35. The van der Waals surface area contributed by atoms with E-state index in [4.69, 9.17) is 16.3 Å². The number of likely N-dealkylation sites (tertiary alicyclic amines) is 2. The fraction of sp³-hybridized carbons (Fsp3) is 0.667. The van der Waals surface area contributed by atoms with Crippen LogP contribution in [0.2, 0.25) is 5.02 Å². The van der Waals surface area contributed by atoms with Gasteiger partial charge in [0.15, 0.2) is 0 Å². The lowest BCUT2D eigenvalue weighted by atomic mass is 9.88. The number of amides is 1. The lowest BCUT2D eigenvalue weighted by Crippen LogP contribution is -2.45. The minimum Gasteiger partial charge on any atom is -0.394 e. The number of methoxy groups -OCH3 is 1. The van der Waals surface area contributed by atoms with E-state index in [0.29, 0.717) is 30.7 Å². The van der Waals surface area contributed by atoms with Crippen LogP contribution in [0.15, 0.2) is 18.2 Å². The number of aliphatic hydroxyl groups is 1. The number of ether oxygens (including phenoxy) is 1. The highest BCUT2D eigenvalue weighted by molar-refractivity contribution is 6.31. The molecule has 0 spiro atoms. The minimum absolute atomic E-state index is 0.0614. The minimum atomic E-state index is -0.541. The summed E-state index contributed by atoms with van der Waals surface area (Å²) in [5.74, 6) is -0.217. The maximum Gasteiger partial charge on any atom is 0.254 e. The zero-order valence-corrected chi connectivity index (χ0v) is 17.4. The van der Waals surface area contributed by atoms with Crippen LogP contribution in [-0.2, 0) is 4.74 Å². The molecular weight excluding hydrogens is 383 g/mol. The van der Waals surface area contributed by atoms with Crippen molar-refractivity contribution in [2.45, 2.75) is 38.3 Å². The second kappa shape index (κ2) is 9.53. The summed E-state index contributed by atoms with van der Waals surface area (Å²) in [6.45, 7) is 5.25. The topological polar surface area (TPSA) is 53.0 Å². The molecule has 0 unspecified atom stereocenters. The lowest BCUT2D eigenvalue weighted by Gasteiger charge is -2.32. The van der Waals surface area contributed by atoms with E-state index in [2.05, 4.69) is 11.8 Å². The van der Waals surface area contributed by atoms with Gasteiger partial charge in [0.25, 0.3) is 5.91 Å². The molecule has 0 aromatic heterocycles. The van der Waals surface area contributed by atoms with E-state index in [-0.39, 0.29) is 29.5 Å². The first kappa shape index (κ1) is 21.5. The predicted molar refractivity (Wildman–Crippen MR) is 107 cm³/mol. The van der Waals surface area contributed by atoms with Gasteiger partial charge in [0.2, 0.25) is 0 Å². The first-order chi connectivity index (χ1) is 13.5. The van der Waals surface area contributed by atoms with Crippen LogP contribution >= 0.6 is 11.6 Å². The molecule has 2 aliphatic heterocycles. The zero-order valence-electron chi connectivity index (χ0n) is 16.6. The molecule has 2 saturated heterocycles. The second-order valence-electron chi connectivity index (χ2n) is 7.91. The summed E-state index contributed by atoms with van der Waals surface area (Å²) in [7, 11) is 1.73. The van der Waals surface area contributed by atoms with Gasteiger partial charge in [-0.3, -0.25) is 9.69 Å². The van der Waals surface area contributed by atoms with Crippen LogP contribution in [0.25, 0.3) is 0 Å². The monoisotopic (exact) mass is 412 g/mol.